The SMILES string of the molecule is C.CN1C(C(=O)Nc2ccc(F)c(Cl)c2)CC(c2ccc(O)c(Cl)c2)NS1(=O)=O. The number of hydrogen-bond acceptors (Lipinski definition) is 4. The van der Waals surface area contributed by atoms with E-state index in [1.165, 1.54) is 37.4 Å². The summed E-state index contributed by atoms with van der Waals surface area (Å²) in [6.07, 6.45) is 0.109. The quantitative estimate of drug-likeness (QED) is 0.645. The number of phenols is 1. The molecule has 11 heteroatoms. The molecule has 0 aliphatic carbocycles. The molecule has 2 aromatic rings. The Labute approximate surface area is 178 Å². The topological polar surface area (TPSA) is 98.7 Å². The number of carbonyl (C=O) groups excluding carboxylic acids is 1. The average molecular weight is 464 g/mol. The van der Waals surface area contributed by atoms with E-state index in [0.717, 1.165) is 10.4 Å². The second-order valence-corrected chi connectivity index (χ2v) is 8.85. The van der Waals surface area contributed by atoms with Gasteiger partial charge in [0.05, 0.1) is 10.0 Å². The number of hydrogen-bond donors (Lipinski definition) is 3. The highest BCUT2D eigenvalue weighted by atomic mass is 35.5. The Morgan fingerprint density at radius 3 is 2.55 bits per heavy atom. The number of rotatable bonds is 3. The van der Waals surface area contributed by atoms with Gasteiger partial charge in [-0.2, -0.15) is 17.4 Å². The van der Waals surface area contributed by atoms with E-state index in [-0.39, 0.29) is 35.3 Å². The normalized spacial score (nSPS) is 21.2. The molecular formula is C18H20Cl2FN3O4S. The average Bonchev–Trinajstić information content (AvgIpc) is 2.62. The molecule has 2 aromatic carbocycles. The van der Waals surface area contributed by atoms with Crippen molar-refractivity contribution in [3.8, 4) is 5.75 Å². The van der Waals surface area contributed by atoms with E-state index in [2.05, 4.69) is 10.0 Å². The number of benzene rings is 2. The molecule has 1 aliphatic heterocycles. The highest BCUT2D eigenvalue weighted by Gasteiger charge is 2.40. The van der Waals surface area contributed by atoms with Gasteiger partial charge in [0.2, 0.25) is 5.91 Å². The van der Waals surface area contributed by atoms with Crippen molar-refractivity contribution in [2.24, 2.45) is 0 Å². The van der Waals surface area contributed by atoms with Crippen molar-refractivity contribution in [3.63, 3.8) is 0 Å². The lowest BCUT2D eigenvalue weighted by atomic mass is 9.99. The van der Waals surface area contributed by atoms with E-state index in [0.29, 0.717) is 5.56 Å². The molecule has 2 atom stereocenters. The summed E-state index contributed by atoms with van der Waals surface area (Å²) in [5.41, 5.74) is 0.743. The number of aromatic hydroxyl groups is 1. The van der Waals surface area contributed by atoms with Gasteiger partial charge in [0.25, 0.3) is 10.2 Å². The Balaban J connectivity index is 0.00000300. The van der Waals surface area contributed by atoms with Crippen LogP contribution in [0.1, 0.15) is 25.5 Å². The lowest BCUT2D eigenvalue weighted by molar-refractivity contribution is -0.120. The van der Waals surface area contributed by atoms with Crippen molar-refractivity contribution in [3.05, 3.63) is 57.8 Å². The molecule has 3 rings (SSSR count). The molecule has 0 radical (unpaired) electrons. The second kappa shape index (κ2) is 8.85. The van der Waals surface area contributed by atoms with Crippen LogP contribution in [0.4, 0.5) is 10.1 Å². The fourth-order valence-electron chi connectivity index (χ4n) is 2.87. The molecule has 1 aliphatic rings. The lowest BCUT2D eigenvalue weighted by Crippen LogP contribution is -2.55. The van der Waals surface area contributed by atoms with Crippen LogP contribution in [0.2, 0.25) is 10.0 Å². The van der Waals surface area contributed by atoms with E-state index in [9.17, 15) is 22.7 Å². The van der Waals surface area contributed by atoms with Crippen molar-refractivity contribution >= 4 is 45.0 Å². The van der Waals surface area contributed by atoms with Gasteiger partial charge in [0.15, 0.2) is 0 Å². The van der Waals surface area contributed by atoms with E-state index in [1.54, 1.807) is 0 Å². The fourth-order valence-corrected chi connectivity index (χ4v) is 4.51. The summed E-state index contributed by atoms with van der Waals surface area (Å²) in [4.78, 5) is 12.7. The van der Waals surface area contributed by atoms with Crippen LogP contribution in [0.3, 0.4) is 0 Å². The van der Waals surface area contributed by atoms with E-state index in [1.807, 2.05) is 0 Å². The van der Waals surface area contributed by atoms with Crippen molar-refractivity contribution in [1.82, 2.24) is 9.03 Å². The summed E-state index contributed by atoms with van der Waals surface area (Å²) < 4.78 is 41.6. The van der Waals surface area contributed by atoms with Crippen molar-refractivity contribution in [2.75, 3.05) is 12.4 Å². The van der Waals surface area contributed by atoms with Gasteiger partial charge in [-0.05, 0) is 42.3 Å². The minimum absolute atomic E-state index is 0. The molecule has 1 fully saturated rings. The van der Waals surface area contributed by atoms with E-state index < -0.39 is 34.0 Å². The van der Waals surface area contributed by atoms with Gasteiger partial charge in [-0.1, -0.05) is 36.7 Å². The first-order valence-electron chi connectivity index (χ1n) is 8.08. The molecule has 0 bridgehead atoms. The van der Waals surface area contributed by atoms with Crippen LogP contribution in [0.15, 0.2) is 36.4 Å². The summed E-state index contributed by atoms with van der Waals surface area (Å²) >= 11 is 11.6. The molecule has 29 heavy (non-hydrogen) atoms. The van der Waals surface area contributed by atoms with E-state index in [4.69, 9.17) is 23.2 Å². The van der Waals surface area contributed by atoms with Crippen LogP contribution in [0, 0.1) is 5.82 Å². The third-order valence-electron chi connectivity index (χ3n) is 4.43. The highest BCUT2D eigenvalue weighted by Crippen LogP contribution is 2.32. The van der Waals surface area contributed by atoms with Gasteiger partial charge in [0, 0.05) is 18.8 Å². The predicted molar refractivity (Wildman–Crippen MR) is 111 cm³/mol. The zero-order valence-corrected chi connectivity index (χ0v) is 16.8. The number of carbonyl (C=O) groups is 1. The molecular weight excluding hydrogens is 444 g/mol. The van der Waals surface area contributed by atoms with Crippen LogP contribution in [0.25, 0.3) is 0 Å². The number of amides is 1. The number of halogens is 3. The maximum Gasteiger partial charge on any atom is 0.280 e. The number of nitrogens with one attached hydrogen (secondary N) is 2. The lowest BCUT2D eigenvalue weighted by Gasteiger charge is -2.36. The molecule has 158 valence electrons. The number of phenolic OH excluding ortho intramolecular Hbond substituents is 1. The van der Waals surface area contributed by atoms with Crippen molar-refractivity contribution in [1.29, 1.82) is 0 Å². The standard InChI is InChI=1S/C17H16Cl2FN3O4S.CH4/c1-23-15(17(25)21-10-3-4-13(20)11(18)7-10)8-14(22-28(23,26)27)9-2-5-16(24)12(19)6-9;/h2-7,14-15,22,24H,8H2,1H3,(H,21,25);1H4. The van der Waals surface area contributed by atoms with Crippen LogP contribution in [-0.4, -0.2) is 36.8 Å². The Hall–Kier alpha value is -1.91. The number of nitrogens with zero attached hydrogens (tertiary/aromatic N) is 1. The summed E-state index contributed by atoms with van der Waals surface area (Å²) in [5.74, 6) is -1.36. The Bertz CT molecular complexity index is 1040. The monoisotopic (exact) mass is 463 g/mol. The fraction of sp³-hybridized carbons (Fsp3) is 0.278. The minimum Gasteiger partial charge on any atom is -0.506 e. The molecule has 1 heterocycles. The van der Waals surface area contributed by atoms with Gasteiger partial charge in [-0.25, -0.2) is 4.39 Å². The Morgan fingerprint density at radius 1 is 1.24 bits per heavy atom. The molecule has 7 nitrogen and oxygen atoms in total. The zero-order chi connectivity index (χ0) is 20.6. The first kappa shape index (κ1) is 23.4. The molecule has 2 unspecified atom stereocenters. The summed E-state index contributed by atoms with van der Waals surface area (Å²) in [5, 5.41) is 12.0. The summed E-state index contributed by atoms with van der Waals surface area (Å²) in [6, 6.07) is 6.20. The van der Waals surface area contributed by atoms with Crippen LogP contribution in [0.5, 0.6) is 5.75 Å². The Kier molecular flexibility index (Phi) is 7.13. The minimum atomic E-state index is -3.95. The zero-order valence-electron chi connectivity index (χ0n) is 14.5. The predicted octanol–water partition coefficient (Wildman–Crippen LogP) is 3.69. The van der Waals surface area contributed by atoms with Crippen LogP contribution >= 0.6 is 23.2 Å². The Morgan fingerprint density at radius 2 is 1.93 bits per heavy atom. The number of anilines is 1. The molecule has 1 saturated heterocycles. The first-order valence-corrected chi connectivity index (χ1v) is 10.3. The maximum atomic E-state index is 13.3. The highest BCUT2D eigenvalue weighted by molar-refractivity contribution is 7.87. The smallest absolute Gasteiger partial charge is 0.280 e. The maximum absolute atomic E-state index is 13.3. The van der Waals surface area contributed by atoms with E-state index >= 15 is 0 Å². The number of likely N-dealkylation sites (N-methyl/N-ethyl adjacent to an activating group) is 1. The third-order valence-corrected chi connectivity index (χ3v) is 6.62. The molecule has 1 amide bonds. The summed E-state index contributed by atoms with van der Waals surface area (Å²) in [6.45, 7) is 0. The molecule has 0 spiro atoms. The van der Waals surface area contributed by atoms with Gasteiger partial charge in [-0.15, -0.1) is 0 Å². The first-order chi connectivity index (χ1) is 13.1. The molecule has 3 N–H and O–H groups in total. The van der Waals surface area contributed by atoms with Gasteiger partial charge >= 0.3 is 0 Å². The summed E-state index contributed by atoms with van der Waals surface area (Å²) in [7, 11) is -2.67. The van der Waals surface area contributed by atoms with Gasteiger partial charge in [0.1, 0.15) is 17.6 Å². The van der Waals surface area contributed by atoms with Crippen molar-refractivity contribution < 1.29 is 22.7 Å². The van der Waals surface area contributed by atoms with Gasteiger partial charge in [-0.3, -0.25) is 4.79 Å². The van der Waals surface area contributed by atoms with Crippen LogP contribution in [-0.2, 0) is 15.0 Å². The van der Waals surface area contributed by atoms with Crippen molar-refractivity contribution in [2.45, 2.75) is 25.9 Å². The van der Waals surface area contributed by atoms with Crippen LogP contribution < -0.4 is 10.0 Å². The van der Waals surface area contributed by atoms with Gasteiger partial charge < -0.3 is 10.4 Å². The molecule has 0 aromatic heterocycles. The second-order valence-electron chi connectivity index (χ2n) is 6.27. The largest absolute Gasteiger partial charge is 0.506 e. The third kappa shape index (κ3) is 4.99. The molecule has 0 saturated carbocycles.